The molecular weight excluding hydrogens is 356 g/mol. The fraction of sp³-hybridized carbons (Fsp3) is 0. The number of H-pyrrole nitrogens is 1. The van der Waals surface area contributed by atoms with Crippen LogP contribution in [0.5, 0.6) is 0 Å². The normalized spacial score (nSPS) is 10.7. The molecule has 5 rings (SSSR count). The fourth-order valence-corrected chi connectivity index (χ4v) is 3.75. The van der Waals surface area contributed by atoms with Gasteiger partial charge in [-0.3, -0.25) is 0 Å². The van der Waals surface area contributed by atoms with Gasteiger partial charge in [-0.2, -0.15) is 10.5 Å². The van der Waals surface area contributed by atoms with Gasteiger partial charge in [0.1, 0.15) is 23.5 Å². The second kappa shape index (κ2) is 6.64. The summed E-state index contributed by atoms with van der Waals surface area (Å²) in [6, 6.07) is 28.1. The van der Waals surface area contributed by atoms with E-state index in [1.54, 1.807) is 6.08 Å². The van der Waals surface area contributed by atoms with Crippen molar-refractivity contribution in [1.82, 2.24) is 9.97 Å². The zero-order valence-electron chi connectivity index (χ0n) is 15.3. The van der Waals surface area contributed by atoms with Gasteiger partial charge < -0.3 is 4.98 Å². The lowest BCUT2D eigenvalue weighted by Gasteiger charge is -2.05. The molecule has 134 valence electrons. The van der Waals surface area contributed by atoms with Crippen molar-refractivity contribution in [3.05, 3.63) is 83.9 Å². The van der Waals surface area contributed by atoms with Crippen LogP contribution >= 0.6 is 0 Å². The quantitative estimate of drug-likeness (QED) is 0.307. The van der Waals surface area contributed by atoms with E-state index in [0.717, 1.165) is 38.8 Å². The van der Waals surface area contributed by atoms with Crippen molar-refractivity contribution in [2.24, 2.45) is 0 Å². The number of nitriles is 2. The first-order valence-electron chi connectivity index (χ1n) is 9.20. The number of nitrogens with one attached hydrogen (secondary N) is 1. The number of hydrogen-bond donors (Lipinski definition) is 1. The van der Waals surface area contributed by atoms with Crippen molar-refractivity contribution in [2.75, 3.05) is 0 Å². The Kier molecular flexibility index (Phi) is 3.83. The number of aromatic amines is 1. The number of hydrogen-bond acceptors (Lipinski definition) is 3. The van der Waals surface area contributed by atoms with E-state index in [0.29, 0.717) is 0 Å². The van der Waals surface area contributed by atoms with Crippen LogP contribution in [0.3, 0.4) is 0 Å². The molecule has 4 aromatic carbocycles. The molecule has 0 aliphatic carbocycles. The number of imidazole rings is 1. The summed E-state index contributed by atoms with van der Waals surface area (Å²) in [4.78, 5) is 8.41. The van der Waals surface area contributed by atoms with E-state index < -0.39 is 0 Å². The summed E-state index contributed by atoms with van der Waals surface area (Å²) in [5.74, 6) is 0.790. The summed E-state index contributed by atoms with van der Waals surface area (Å²) in [5.41, 5.74) is 3.81. The van der Waals surface area contributed by atoms with Crippen molar-refractivity contribution in [1.29, 1.82) is 10.5 Å². The van der Waals surface area contributed by atoms with Gasteiger partial charge in [0.25, 0.3) is 0 Å². The Morgan fingerprint density at radius 1 is 0.759 bits per heavy atom. The van der Waals surface area contributed by atoms with Gasteiger partial charge in [-0.25, -0.2) is 4.98 Å². The second-order valence-corrected chi connectivity index (χ2v) is 6.80. The number of rotatable bonds is 2. The van der Waals surface area contributed by atoms with Crippen LogP contribution in [0.1, 0.15) is 5.56 Å². The molecule has 0 spiro atoms. The van der Waals surface area contributed by atoms with E-state index in [2.05, 4.69) is 41.4 Å². The highest BCUT2D eigenvalue weighted by Gasteiger charge is 2.13. The average Bonchev–Trinajstić information content (AvgIpc) is 3.24. The first-order chi connectivity index (χ1) is 14.3. The molecule has 0 amide bonds. The Balaban J connectivity index is 1.71. The van der Waals surface area contributed by atoms with E-state index in [-0.39, 0.29) is 5.57 Å². The fourth-order valence-electron chi connectivity index (χ4n) is 3.75. The summed E-state index contributed by atoms with van der Waals surface area (Å²) in [5, 5.41) is 22.5. The minimum absolute atomic E-state index is 0.0828. The lowest BCUT2D eigenvalue weighted by molar-refractivity contribution is 1.34. The van der Waals surface area contributed by atoms with Crippen molar-refractivity contribution < 1.29 is 0 Å². The maximum Gasteiger partial charge on any atom is 0.138 e. The van der Waals surface area contributed by atoms with Gasteiger partial charge in [0.2, 0.25) is 0 Å². The average molecular weight is 370 g/mol. The van der Waals surface area contributed by atoms with Gasteiger partial charge >= 0.3 is 0 Å². The highest BCUT2D eigenvalue weighted by molar-refractivity contribution is 6.23. The van der Waals surface area contributed by atoms with Crippen LogP contribution < -0.4 is 0 Å². The third kappa shape index (κ3) is 2.72. The minimum atomic E-state index is 0.0828. The van der Waals surface area contributed by atoms with Crippen molar-refractivity contribution >= 4 is 38.7 Å². The molecule has 1 aromatic heterocycles. The van der Waals surface area contributed by atoms with Crippen LogP contribution in [-0.2, 0) is 0 Å². The predicted octanol–water partition coefficient (Wildman–Crippen LogP) is 5.97. The maximum absolute atomic E-state index is 8.92. The molecule has 0 radical (unpaired) electrons. The predicted molar refractivity (Wildman–Crippen MR) is 116 cm³/mol. The second-order valence-electron chi connectivity index (χ2n) is 6.80. The van der Waals surface area contributed by atoms with E-state index in [4.69, 9.17) is 15.5 Å². The molecule has 0 fully saturated rings. The summed E-state index contributed by atoms with van der Waals surface area (Å²) >= 11 is 0. The Labute approximate surface area is 167 Å². The van der Waals surface area contributed by atoms with Crippen LogP contribution in [0.4, 0.5) is 0 Å². The number of nitrogens with zero attached hydrogens (tertiary/aromatic N) is 3. The Bertz CT molecular complexity index is 1420. The van der Waals surface area contributed by atoms with E-state index in [9.17, 15) is 0 Å². The molecule has 4 nitrogen and oxygen atoms in total. The van der Waals surface area contributed by atoms with E-state index in [1.807, 2.05) is 48.5 Å². The molecule has 0 unspecified atom stereocenters. The Hall–Kier alpha value is -4.41. The summed E-state index contributed by atoms with van der Waals surface area (Å²) in [7, 11) is 0. The molecule has 0 aliphatic rings. The van der Waals surface area contributed by atoms with Gasteiger partial charge in [-0.15, -0.1) is 0 Å². The first kappa shape index (κ1) is 16.7. The van der Waals surface area contributed by atoms with E-state index in [1.165, 1.54) is 10.8 Å². The lowest BCUT2D eigenvalue weighted by atomic mass is 10.0. The number of aromatic nitrogens is 2. The van der Waals surface area contributed by atoms with Crippen LogP contribution in [0.15, 0.2) is 78.4 Å². The standard InChI is InChI=1S/C25H14N4/c26-14-17(15-27)13-16-9-11-18(12-10-16)25-28-23-21-7-3-1-5-19(21)20-6-2-4-8-22(20)24(23)29-25/h1-13H,(H,28,29). The lowest BCUT2D eigenvalue weighted by Crippen LogP contribution is -1.81. The minimum Gasteiger partial charge on any atom is -0.337 e. The summed E-state index contributed by atoms with van der Waals surface area (Å²) < 4.78 is 0. The van der Waals surface area contributed by atoms with Gasteiger partial charge in [-0.1, -0.05) is 72.8 Å². The molecule has 0 atom stereocenters. The van der Waals surface area contributed by atoms with Crippen molar-refractivity contribution in [3.8, 4) is 23.5 Å². The molecule has 0 saturated heterocycles. The number of benzene rings is 4. The van der Waals surface area contributed by atoms with Crippen LogP contribution in [0.25, 0.3) is 50.0 Å². The SMILES string of the molecule is N#CC(C#N)=Cc1ccc(-c2nc3c4ccccc4c4ccccc4c3[nH]2)cc1. The molecule has 4 heteroatoms. The van der Waals surface area contributed by atoms with Gasteiger partial charge in [-0.05, 0) is 22.4 Å². The zero-order valence-corrected chi connectivity index (χ0v) is 15.3. The van der Waals surface area contributed by atoms with Crippen LogP contribution in [0.2, 0.25) is 0 Å². The van der Waals surface area contributed by atoms with Crippen molar-refractivity contribution in [2.45, 2.75) is 0 Å². The first-order valence-corrected chi connectivity index (χ1v) is 9.20. The molecule has 0 saturated carbocycles. The Morgan fingerprint density at radius 2 is 1.34 bits per heavy atom. The molecule has 5 aromatic rings. The maximum atomic E-state index is 8.92. The highest BCUT2D eigenvalue weighted by atomic mass is 14.9. The summed E-state index contributed by atoms with van der Waals surface area (Å²) in [6.07, 6.45) is 1.57. The van der Waals surface area contributed by atoms with Crippen LogP contribution in [-0.4, -0.2) is 9.97 Å². The van der Waals surface area contributed by atoms with Crippen LogP contribution in [0, 0.1) is 22.7 Å². The molecule has 1 heterocycles. The smallest absolute Gasteiger partial charge is 0.138 e. The zero-order chi connectivity index (χ0) is 19.8. The van der Waals surface area contributed by atoms with Gasteiger partial charge in [0.15, 0.2) is 0 Å². The topological polar surface area (TPSA) is 76.3 Å². The van der Waals surface area contributed by atoms with Gasteiger partial charge in [0, 0.05) is 16.3 Å². The van der Waals surface area contributed by atoms with Gasteiger partial charge in [0.05, 0.1) is 11.0 Å². The molecule has 1 N–H and O–H groups in total. The number of allylic oxidation sites excluding steroid dienone is 1. The van der Waals surface area contributed by atoms with E-state index >= 15 is 0 Å². The largest absolute Gasteiger partial charge is 0.337 e. The number of fused-ring (bicyclic) bond motifs is 6. The van der Waals surface area contributed by atoms with Crippen molar-refractivity contribution in [3.63, 3.8) is 0 Å². The highest BCUT2D eigenvalue weighted by Crippen LogP contribution is 2.35. The molecular formula is C25H14N4. The third-order valence-electron chi connectivity index (χ3n) is 5.11. The Morgan fingerprint density at radius 3 is 2.00 bits per heavy atom. The molecule has 0 aliphatic heterocycles. The molecule has 0 bridgehead atoms. The molecule has 29 heavy (non-hydrogen) atoms. The third-order valence-corrected chi connectivity index (χ3v) is 5.11. The monoisotopic (exact) mass is 370 g/mol. The summed E-state index contributed by atoms with van der Waals surface area (Å²) in [6.45, 7) is 0.